The van der Waals surface area contributed by atoms with Crippen LogP contribution in [-0.2, 0) is 0 Å². The Labute approximate surface area is 102 Å². The molecule has 1 N–H and O–H groups in total. The topological polar surface area (TPSA) is 15.3 Å². The van der Waals surface area contributed by atoms with Crippen LogP contribution in [0, 0.1) is 5.92 Å². The molecule has 2 heteroatoms. The van der Waals surface area contributed by atoms with Gasteiger partial charge < -0.3 is 10.2 Å². The van der Waals surface area contributed by atoms with Crippen molar-refractivity contribution in [1.82, 2.24) is 10.2 Å². The van der Waals surface area contributed by atoms with Crippen LogP contribution < -0.4 is 5.32 Å². The number of nitrogens with one attached hydrogen (secondary N) is 1. The highest BCUT2D eigenvalue weighted by atomic mass is 15.1. The lowest BCUT2D eigenvalue weighted by Crippen LogP contribution is -2.33. The first-order chi connectivity index (χ1) is 7.81. The molecule has 1 aliphatic carbocycles. The lowest BCUT2D eigenvalue weighted by molar-refractivity contribution is 0.249. The van der Waals surface area contributed by atoms with Gasteiger partial charge in [-0.25, -0.2) is 0 Å². The van der Waals surface area contributed by atoms with Gasteiger partial charge in [0, 0.05) is 6.04 Å². The van der Waals surface area contributed by atoms with E-state index < -0.39 is 0 Å². The molecule has 2 atom stereocenters. The summed E-state index contributed by atoms with van der Waals surface area (Å²) < 4.78 is 0. The van der Waals surface area contributed by atoms with Crippen molar-refractivity contribution < 1.29 is 0 Å². The smallest absolute Gasteiger partial charge is 0.00928 e. The first kappa shape index (κ1) is 14.0. The molecule has 0 bridgehead atoms. The Bertz CT molecular complexity index is 170. The maximum Gasteiger partial charge on any atom is 0.00928 e. The van der Waals surface area contributed by atoms with Gasteiger partial charge >= 0.3 is 0 Å². The third-order valence-electron chi connectivity index (χ3n) is 4.12. The second-order valence-electron chi connectivity index (χ2n) is 5.16. The van der Waals surface area contributed by atoms with Gasteiger partial charge in [-0.15, -0.1) is 0 Å². The minimum Gasteiger partial charge on any atom is -0.317 e. The molecule has 0 heterocycles. The van der Waals surface area contributed by atoms with Gasteiger partial charge in [0.15, 0.2) is 0 Å². The van der Waals surface area contributed by atoms with Crippen LogP contribution in [0.5, 0.6) is 0 Å². The zero-order valence-corrected chi connectivity index (χ0v) is 11.5. The van der Waals surface area contributed by atoms with Gasteiger partial charge in [-0.05, 0) is 58.3 Å². The van der Waals surface area contributed by atoms with E-state index in [-0.39, 0.29) is 0 Å². The average Bonchev–Trinajstić information content (AvgIpc) is 2.77. The van der Waals surface area contributed by atoms with Gasteiger partial charge in [-0.3, -0.25) is 0 Å². The molecule has 96 valence electrons. The highest BCUT2D eigenvalue weighted by molar-refractivity contribution is 4.82. The lowest BCUT2D eigenvalue weighted by Gasteiger charge is -2.24. The summed E-state index contributed by atoms with van der Waals surface area (Å²) in [5, 5.41) is 3.48. The molecule has 1 aliphatic rings. The van der Waals surface area contributed by atoms with Gasteiger partial charge in [0.1, 0.15) is 0 Å². The summed E-state index contributed by atoms with van der Waals surface area (Å²) in [7, 11) is 2.12. The molecule has 2 nitrogen and oxygen atoms in total. The highest BCUT2D eigenvalue weighted by Gasteiger charge is 2.25. The van der Waals surface area contributed by atoms with Crippen molar-refractivity contribution in [2.45, 2.75) is 58.4 Å². The van der Waals surface area contributed by atoms with Crippen molar-refractivity contribution in [3.63, 3.8) is 0 Å². The second kappa shape index (κ2) is 8.08. The Morgan fingerprint density at radius 1 is 1.19 bits per heavy atom. The molecule has 1 fully saturated rings. The zero-order valence-electron chi connectivity index (χ0n) is 11.5. The number of hydrogen-bond acceptors (Lipinski definition) is 2. The maximum atomic E-state index is 3.48. The molecule has 0 aromatic heterocycles. The van der Waals surface area contributed by atoms with Gasteiger partial charge in [-0.1, -0.05) is 26.7 Å². The van der Waals surface area contributed by atoms with E-state index in [1.807, 2.05) is 0 Å². The molecule has 0 aromatic carbocycles. The molecule has 0 aromatic rings. The van der Waals surface area contributed by atoms with Crippen LogP contribution >= 0.6 is 0 Å². The predicted molar refractivity (Wildman–Crippen MR) is 71.8 cm³/mol. The van der Waals surface area contributed by atoms with E-state index >= 15 is 0 Å². The summed E-state index contributed by atoms with van der Waals surface area (Å²) in [4.78, 5) is 2.62. The Morgan fingerprint density at radius 2 is 2.00 bits per heavy atom. The van der Waals surface area contributed by atoms with Crippen LogP contribution in [-0.4, -0.2) is 37.6 Å². The average molecular weight is 226 g/mol. The normalized spacial score (nSPS) is 25.5. The molecular formula is C14H30N2. The Balaban J connectivity index is 2.20. The van der Waals surface area contributed by atoms with E-state index in [2.05, 4.69) is 31.1 Å². The van der Waals surface area contributed by atoms with Crippen molar-refractivity contribution in [2.24, 2.45) is 5.92 Å². The summed E-state index contributed by atoms with van der Waals surface area (Å²) in [5.74, 6) is 0.931. The van der Waals surface area contributed by atoms with Crippen LogP contribution in [0.1, 0.15) is 52.4 Å². The quantitative estimate of drug-likeness (QED) is 0.684. The fourth-order valence-electron chi connectivity index (χ4n) is 2.92. The summed E-state index contributed by atoms with van der Waals surface area (Å²) in [6.07, 6.45) is 8.33. The molecular weight excluding hydrogens is 196 g/mol. The van der Waals surface area contributed by atoms with Crippen LogP contribution in [0.3, 0.4) is 0 Å². The first-order valence-electron chi connectivity index (χ1n) is 7.21. The molecule has 2 unspecified atom stereocenters. The predicted octanol–water partition coefficient (Wildman–Crippen LogP) is 2.89. The summed E-state index contributed by atoms with van der Waals surface area (Å²) in [5.41, 5.74) is 0. The van der Waals surface area contributed by atoms with E-state index in [9.17, 15) is 0 Å². The number of nitrogens with zero attached hydrogens (tertiary/aromatic N) is 1. The fourth-order valence-corrected chi connectivity index (χ4v) is 2.92. The molecule has 0 amide bonds. The Morgan fingerprint density at radius 3 is 2.62 bits per heavy atom. The minimum absolute atomic E-state index is 0.796. The van der Waals surface area contributed by atoms with Crippen LogP contribution in [0.15, 0.2) is 0 Å². The highest BCUT2D eigenvalue weighted by Crippen LogP contribution is 2.28. The summed E-state index contributed by atoms with van der Waals surface area (Å²) in [6, 6.07) is 0.796. The SMILES string of the molecule is CCCCN(CC)CCC1CCCC1NC. The van der Waals surface area contributed by atoms with E-state index in [0.717, 1.165) is 12.0 Å². The van der Waals surface area contributed by atoms with Gasteiger partial charge in [0.25, 0.3) is 0 Å². The van der Waals surface area contributed by atoms with Gasteiger partial charge in [0.2, 0.25) is 0 Å². The maximum absolute atomic E-state index is 3.48. The minimum atomic E-state index is 0.796. The monoisotopic (exact) mass is 226 g/mol. The van der Waals surface area contributed by atoms with E-state index in [1.165, 1.54) is 58.2 Å². The van der Waals surface area contributed by atoms with Crippen molar-refractivity contribution in [1.29, 1.82) is 0 Å². The van der Waals surface area contributed by atoms with Crippen molar-refractivity contribution in [3.05, 3.63) is 0 Å². The Hall–Kier alpha value is -0.0800. The van der Waals surface area contributed by atoms with Crippen molar-refractivity contribution in [2.75, 3.05) is 26.7 Å². The van der Waals surface area contributed by atoms with E-state index in [1.54, 1.807) is 0 Å². The standard InChI is InChI=1S/C14H30N2/c1-4-6-11-16(5-2)12-10-13-8-7-9-14(13)15-3/h13-15H,4-12H2,1-3H3. The van der Waals surface area contributed by atoms with E-state index in [0.29, 0.717) is 0 Å². The van der Waals surface area contributed by atoms with Crippen LogP contribution in [0.4, 0.5) is 0 Å². The lowest BCUT2D eigenvalue weighted by atomic mass is 9.99. The first-order valence-corrected chi connectivity index (χ1v) is 7.21. The molecule has 0 spiro atoms. The van der Waals surface area contributed by atoms with Crippen molar-refractivity contribution in [3.8, 4) is 0 Å². The van der Waals surface area contributed by atoms with Crippen LogP contribution in [0.2, 0.25) is 0 Å². The Kier molecular flexibility index (Phi) is 7.06. The zero-order chi connectivity index (χ0) is 11.8. The molecule has 0 aliphatic heterocycles. The molecule has 16 heavy (non-hydrogen) atoms. The summed E-state index contributed by atoms with van der Waals surface area (Å²) >= 11 is 0. The molecule has 1 rings (SSSR count). The second-order valence-corrected chi connectivity index (χ2v) is 5.16. The van der Waals surface area contributed by atoms with Crippen molar-refractivity contribution >= 4 is 0 Å². The number of unbranched alkanes of at least 4 members (excludes halogenated alkanes) is 1. The largest absolute Gasteiger partial charge is 0.317 e. The van der Waals surface area contributed by atoms with E-state index in [4.69, 9.17) is 0 Å². The third-order valence-corrected chi connectivity index (χ3v) is 4.12. The van der Waals surface area contributed by atoms with Gasteiger partial charge in [-0.2, -0.15) is 0 Å². The molecule has 0 saturated heterocycles. The number of rotatable bonds is 8. The van der Waals surface area contributed by atoms with Crippen LogP contribution in [0.25, 0.3) is 0 Å². The summed E-state index contributed by atoms with van der Waals surface area (Å²) in [6.45, 7) is 8.39. The number of hydrogen-bond donors (Lipinski definition) is 1. The fraction of sp³-hybridized carbons (Fsp3) is 1.00. The molecule has 1 saturated carbocycles. The molecule has 0 radical (unpaired) electrons. The van der Waals surface area contributed by atoms with Gasteiger partial charge in [0.05, 0.1) is 0 Å². The third kappa shape index (κ3) is 4.42.